The monoisotopic (exact) mass is 389 g/mol. The van der Waals surface area contributed by atoms with Crippen LogP contribution in [0, 0.1) is 13.8 Å². The summed E-state index contributed by atoms with van der Waals surface area (Å²) < 4.78 is 12.3. The van der Waals surface area contributed by atoms with E-state index in [9.17, 15) is 0 Å². The molecule has 0 saturated carbocycles. The second-order valence-electron chi connectivity index (χ2n) is 7.75. The van der Waals surface area contributed by atoms with E-state index in [-0.39, 0.29) is 0 Å². The van der Waals surface area contributed by atoms with E-state index in [2.05, 4.69) is 61.3 Å². The van der Waals surface area contributed by atoms with E-state index in [0.29, 0.717) is 5.89 Å². The van der Waals surface area contributed by atoms with E-state index >= 15 is 0 Å². The highest BCUT2D eigenvalue weighted by molar-refractivity contribution is 6.09. The molecule has 4 aromatic carbocycles. The average molecular weight is 389 g/mol. The molecule has 0 unspecified atom stereocenters. The third-order valence-electron chi connectivity index (χ3n) is 5.79. The fourth-order valence-corrected chi connectivity index (χ4v) is 4.28. The van der Waals surface area contributed by atoms with Gasteiger partial charge < -0.3 is 8.83 Å². The molecule has 0 amide bonds. The summed E-state index contributed by atoms with van der Waals surface area (Å²) in [6.45, 7) is 4.23. The molecule has 144 valence electrons. The van der Waals surface area contributed by atoms with Gasteiger partial charge >= 0.3 is 0 Å². The Morgan fingerprint density at radius 3 is 2.17 bits per heavy atom. The Hall–Kier alpha value is -3.85. The molecule has 0 N–H and O–H groups in total. The molecule has 2 aromatic heterocycles. The van der Waals surface area contributed by atoms with Crippen LogP contribution in [0.4, 0.5) is 0 Å². The molecule has 0 spiro atoms. The average Bonchev–Trinajstić information content (AvgIpc) is 3.36. The first-order valence-corrected chi connectivity index (χ1v) is 10.1. The molecule has 6 rings (SSSR count). The molecule has 0 aliphatic carbocycles. The van der Waals surface area contributed by atoms with Gasteiger partial charge in [0.2, 0.25) is 5.89 Å². The van der Waals surface area contributed by atoms with Crippen LogP contribution in [0.5, 0.6) is 0 Å². The third-order valence-corrected chi connectivity index (χ3v) is 5.79. The van der Waals surface area contributed by atoms with Gasteiger partial charge in [-0.2, -0.15) is 0 Å². The molecule has 0 atom stereocenters. The fourth-order valence-electron chi connectivity index (χ4n) is 4.28. The summed E-state index contributed by atoms with van der Waals surface area (Å²) in [6, 6.07) is 26.8. The highest BCUT2D eigenvalue weighted by Crippen LogP contribution is 2.39. The fraction of sp³-hybridized carbons (Fsp3) is 0.0741. The summed E-state index contributed by atoms with van der Waals surface area (Å²) in [6.07, 6.45) is 0. The largest absolute Gasteiger partial charge is 0.455 e. The number of furan rings is 1. The van der Waals surface area contributed by atoms with Crippen molar-refractivity contribution >= 4 is 33.0 Å². The first-order chi connectivity index (χ1) is 14.7. The Morgan fingerprint density at radius 1 is 0.600 bits per heavy atom. The van der Waals surface area contributed by atoms with E-state index in [4.69, 9.17) is 8.83 Å². The number of fused-ring (bicyclic) bond motifs is 4. The maximum atomic E-state index is 6.26. The third kappa shape index (κ3) is 2.49. The van der Waals surface area contributed by atoms with E-state index in [0.717, 1.165) is 60.9 Å². The first kappa shape index (κ1) is 17.0. The van der Waals surface area contributed by atoms with Gasteiger partial charge in [-0.1, -0.05) is 54.6 Å². The van der Waals surface area contributed by atoms with Gasteiger partial charge in [-0.05, 0) is 54.8 Å². The van der Waals surface area contributed by atoms with Crippen LogP contribution in [0.25, 0.3) is 55.6 Å². The Labute approximate surface area is 173 Å². The van der Waals surface area contributed by atoms with Gasteiger partial charge in [0.25, 0.3) is 0 Å². The number of nitrogens with zero attached hydrogens (tertiary/aromatic N) is 1. The number of aromatic nitrogens is 1. The Kier molecular flexibility index (Phi) is 3.59. The maximum Gasteiger partial charge on any atom is 0.227 e. The van der Waals surface area contributed by atoms with Gasteiger partial charge in [-0.3, -0.25) is 0 Å². The van der Waals surface area contributed by atoms with Crippen LogP contribution in [-0.2, 0) is 0 Å². The number of oxazole rings is 1. The smallest absolute Gasteiger partial charge is 0.227 e. The summed E-state index contributed by atoms with van der Waals surface area (Å²) in [5.41, 5.74) is 9.09. The molecule has 2 heterocycles. The number of rotatable bonds is 2. The van der Waals surface area contributed by atoms with E-state index < -0.39 is 0 Å². The topological polar surface area (TPSA) is 39.2 Å². The molecule has 0 bridgehead atoms. The predicted molar refractivity (Wildman–Crippen MR) is 122 cm³/mol. The molecule has 6 aromatic rings. The summed E-state index contributed by atoms with van der Waals surface area (Å²) >= 11 is 0. The van der Waals surface area contributed by atoms with Crippen molar-refractivity contribution < 1.29 is 8.83 Å². The second-order valence-corrected chi connectivity index (χ2v) is 7.75. The summed E-state index contributed by atoms with van der Waals surface area (Å²) in [5, 5.41) is 2.29. The van der Waals surface area contributed by atoms with Gasteiger partial charge in [-0.15, -0.1) is 0 Å². The number of hydrogen-bond donors (Lipinski definition) is 0. The highest BCUT2D eigenvalue weighted by atomic mass is 16.3. The maximum absolute atomic E-state index is 6.26. The molecule has 0 aliphatic rings. The number of para-hydroxylation sites is 4. The quantitative estimate of drug-likeness (QED) is 0.305. The summed E-state index contributed by atoms with van der Waals surface area (Å²) in [7, 11) is 0. The van der Waals surface area contributed by atoms with Crippen LogP contribution in [0.1, 0.15) is 11.1 Å². The van der Waals surface area contributed by atoms with E-state index in [1.807, 2.05) is 36.4 Å². The molecular weight excluding hydrogens is 370 g/mol. The number of aryl methyl sites for hydroxylation is 2. The van der Waals surface area contributed by atoms with Crippen LogP contribution in [0.2, 0.25) is 0 Å². The second kappa shape index (κ2) is 6.33. The van der Waals surface area contributed by atoms with Crippen molar-refractivity contribution in [3.8, 4) is 22.6 Å². The van der Waals surface area contributed by atoms with E-state index in [1.54, 1.807) is 0 Å². The zero-order chi connectivity index (χ0) is 20.2. The Morgan fingerprint density at radius 2 is 1.30 bits per heavy atom. The zero-order valence-corrected chi connectivity index (χ0v) is 16.8. The minimum absolute atomic E-state index is 0.658. The Bertz CT molecular complexity index is 1540. The number of benzene rings is 4. The Balaban J connectivity index is 1.55. The van der Waals surface area contributed by atoms with Crippen LogP contribution >= 0.6 is 0 Å². The van der Waals surface area contributed by atoms with Crippen LogP contribution in [0.15, 0.2) is 87.7 Å². The van der Waals surface area contributed by atoms with Gasteiger partial charge in [0.05, 0.1) is 0 Å². The molecule has 3 nitrogen and oxygen atoms in total. The minimum Gasteiger partial charge on any atom is -0.455 e. The van der Waals surface area contributed by atoms with Gasteiger partial charge in [0.1, 0.15) is 16.7 Å². The summed E-state index contributed by atoms with van der Waals surface area (Å²) in [5.74, 6) is 0.658. The highest BCUT2D eigenvalue weighted by Gasteiger charge is 2.17. The van der Waals surface area contributed by atoms with Crippen molar-refractivity contribution in [2.75, 3.05) is 0 Å². The molecule has 0 aliphatic heterocycles. The van der Waals surface area contributed by atoms with Crippen molar-refractivity contribution in [1.82, 2.24) is 4.98 Å². The SMILES string of the molecule is Cc1cc(-c2cccc3c2oc2ccccc23)c(C)cc1-c1nc2ccccc2o1. The van der Waals surface area contributed by atoms with Crippen LogP contribution in [0.3, 0.4) is 0 Å². The van der Waals surface area contributed by atoms with E-state index in [1.165, 1.54) is 0 Å². The van der Waals surface area contributed by atoms with Crippen molar-refractivity contribution in [3.63, 3.8) is 0 Å². The van der Waals surface area contributed by atoms with Gasteiger partial charge in [-0.25, -0.2) is 4.98 Å². The van der Waals surface area contributed by atoms with Crippen LogP contribution in [-0.4, -0.2) is 4.98 Å². The van der Waals surface area contributed by atoms with Gasteiger partial charge in [0, 0.05) is 21.9 Å². The lowest BCUT2D eigenvalue weighted by atomic mass is 9.94. The van der Waals surface area contributed by atoms with Crippen molar-refractivity contribution in [2.45, 2.75) is 13.8 Å². The lowest BCUT2D eigenvalue weighted by Crippen LogP contribution is -1.90. The summed E-state index contributed by atoms with van der Waals surface area (Å²) in [4.78, 5) is 4.68. The number of hydrogen-bond acceptors (Lipinski definition) is 3. The van der Waals surface area contributed by atoms with Crippen molar-refractivity contribution in [1.29, 1.82) is 0 Å². The van der Waals surface area contributed by atoms with Crippen molar-refractivity contribution in [3.05, 3.63) is 90.0 Å². The molecule has 30 heavy (non-hydrogen) atoms. The zero-order valence-electron chi connectivity index (χ0n) is 16.8. The lowest BCUT2D eigenvalue weighted by Gasteiger charge is -2.11. The van der Waals surface area contributed by atoms with Crippen molar-refractivity contribution in [2.24, 2.45) is 0 Å². The molecular formula is C27H19NO2. The van der Waals surface area contributed by atoms with Gasteiger partial charge in [0.15, 0.2) is 5.58 Å². The predicted octanol–water partition coefficient (Wildman–Crippen LogP) is 7.68. The molecule has 0 saturated heterocycles. The lowest BCUT2D eigenvalue weighted by molar-refractivity contribution is 0.619. The normalized spacial score (nSPS) is 11.7. The van der Waals surface area contributed by atoms with Crippen LogP contribution < -0.4 is 0 Å². The molecule has 0 radical (unpaired) electrons. The first-order valence-electron chi connectivity index (χ1n) is 10.1. The molecule has 3 heteroatoms. The molecule has 0 fully saturated rings. The standard InChI is InChI=1S/C27H19NO2/c1-16-15-22(27-28-23-11-4-6-13-25(23)30-27)17(2)14-21(16)20-10-7-9-19-18-8-3-5-12-24(18)29-26(19)20/h3-15H,1-2H3. The minimum atomic E-state index is 0.658.